The van der Waals surface area contributed by atoms with Crippen LogP contribution in [0.25, 0.3) is 11.3 Å². The molecule has 0 atom stereocenters. The van der Waals surface area contributed by atoms with Crippen molar-refractivity contribution in [2.75, 3.05) is 26.1 Å². The molecule has 1 aromatic heterocycles. The van der Waals surface area contributed by atoms with Gasteiger partial charge in [-0.1, -0.05) is 12.1 Å². The van der Waals surface area contributed by atoms with Gasteiger partial charge in [0.05, 0.1) is 19.9 Å². The fourth-order valence-corrected chi connectivity index (χ4v) is 3.45. The minimum Gasteiger partial charge on any atom is -0.494 e. The Bertz CT molecular complexity index is 1050. The van der Waals surface area contributed by atoms with Gasteiger partial charge in [-0.05, 0) is 42.3 Å². The molecule has 0 aliphatic rings. The van der Waals surface area contributed by atoms with Crippen molar-refractivity contribution in [3.05, 3.63) is 65.8 Å². The van der Waals surface area contributed by atoms with Crippen LogP contribution in [0.5, 0.6) is 17.2 Å². The van der Waals surface area contributed by atoms with E-state index in [0.29, 0.717) is 34.3 Å². The Hall–Kier alpha value is -3.39. The molecule has 156 valence electrons. The first-order valence-electron chi connectivity index (χ1n) is 9.04. The fourth-order valence-electron chi connectivity index (χ4n) is 2.71. The van der Waals surface area contributed by atoms with E-state index in [1.807, 2.05) is 12.1 Å². The number of hydrogen-bond donors (Lipinski definition) is 1. The number of amides is 1. The van der Waals surface area contributed by atoms with E-state index in [9.17, 15) is 9.18 Å². The number of methoxy groups -OCH3 is 2. The van der Waals surface area contributed by atoms with Crippen LogP contribution in [-0.4, -0.2) is 31.7 Å². The van der Waals surface area contributed by atoms with Gasteiger partial charge < -0.3 is 14.2 Å². The van der Waals surface area contributed by atoms with E-state index in [1.54, 1.807) is 30.7 Å². The Balaban J connectivity index is 1.61. The zero-order valence-corrected chi connectivity index (χ0v) is 17.4. The Morgan fingerprint density at radius 1 is 1.17 bits per heavy atom. The molecule has 2 aromatic carbocycles. The minimum atomic E-state index is -0.477. The molecule has 1 N–H and O–H groups in total. The van der Waals surface area contributed by atoms with Gasteiger partial charge in [0, 0.05) is 10.9 Å². The second-order valence-corrected chi connectivity index (χ2v) is 7.06. The predicted octanol–water partition coefficient (Wildman–Crippen LogP) is 4.71. The van der Waals surface area contributed by atoms with Crippen LogP contribution in [0.1, 0.15) is 5.56 Å². The van der Waals surface area contributed by atoms with Gasteiger partial charge in [0.25, 0.3) is 5.91 Å². The molecule has 0 saturated carbocycles. The van der Waals surface area contributed by atoms with Crippen LogP contribution in [0.2, 0.25) is 0 Å². The molecule has 1 heterocycles. The van der Waals surface area contributed by atoms with Gasteiger partial charge in [-0.15, -0.1) is 17.9 Å². The first-order chi connectivity index (χ1) is 14.5. The lowest BCUT2D eigenvalue weighted by Crippen LogP contribution is -2.20. The highest BCUT2D eigenvalue weighted by molar-refractivity contribution is 7.14. The minimum absolute atomic E-state index is 0.160. The molecule has 0 saturated heterocycles. The second-order valence-electron chi connectivity index (χ2n) is 6.20. The molecule has 3 rings (SSSR count). The summed E-state index contributed by atoms with van der Waals surface area (Å²) in [6.45, 7) is 3.51. The van der Waals surface area contributed by atoms with Crippen molar-refractivity contribution in [1.82, 2.24) is 4.98 Å². The number of thiazole rings is 1. The average molecular weight is 428 g/mol. The van der Waals surface area contributed by atoms with E-state index in [0.717, 1.165) is 5.56 Å². The molecule has 3 aromatic rings. The van der Waals surface area contributed by atoms with Crippen LogP contribution in [0, 0.1) is 5.82 Å². The molecular formula is C22H21FN2O4S. The summed E-state index contributed by atoms with van der Waals surface area (Å²) in [7, 11) is 2.95. The molecule has 1 amide bonds. The number of allylic oxidation sites excluding steroid dienone is 1. The van der Waals surface area contributed by atoms with E-state index >= 15 is 0 Å². The number of hydrogen-bond acceptors (Lipinski definition) is 6. The van der Waals surface area contributed by atoms with Gasteiger partial charge in [0.15, 0.2) is 34.8 Å². The molecule has 6 nitrogen and oxygen atoms in total. The molecule has 0 radical (unpaired) electrons. The smallest absolute Gasteiger partial charge is 0.264 e. The lowest BCUT2D eigenvalue weighted by atomic mass is 10.1. The summed E-state index contributed by atoms with van der Waals surface area (Å²) in [6, 6.07) is 10.1. The Kier molecular flexibility index (Phi) is 7.03. The SMILES string of the molecule is C=CCc1ccc(OCC(=O)Nc2nc(-c3ccc(OC)c(F)c3)cs2)c(OC)c1. The van der Waals surface area contributed by atoms with Gasteiger partial charge in [-0.3, -0.25) is 10.1 Å². The first kappa shape index (κ1) is 21.3. The van der Waals surface area contributed by atoms with Crippen LogP contribution in [-0.2, 0) is 11.2 Å². The normalized spacial score (nSPS) is 10.4. The molecule has 0 bridgehead atoms. The van der Waals surface area contributed by atoms with Crippen molar-refractivity contribution in [3.8, 4) is 28.5 Å². The number of anilines is 1. The van der Waals surface area contributed by atoms with Crippen LogP contribution >= 0.6 is 11.3 Å². The third-order valence-corrected chi connectivity index (χ3v) is 4.92. The van der Waals surface area contributed by atoms with Crippen molar-refractivity contribution in [1.29, 1.82) is 0 Å². The summed E-state index contributed by atoms with van der Waals surface area (Å²) in [5, 5.41) is 4.81. The molecule has 0 aliphatic carbocycles. The second kappa shape index (κ2) is 9.89. The fraction of sp³-hybridized carbons (Fsp3) is 0.182. The zero-order chi connectivity index (χ0) is 21.5. The van der Waals surface area contributed by atoms with Gasteiger partial charge in [0.1, 0.15) is 0 Å². The van der Waals surface area contributed by atoms with E-state index < -0.39 is 5.82 Å². The van der Waals surface area contributed by atoms with E-state index in [-0.39, 0.29) is 18.3 Å². The highest BCUT2D eigenvalue weighted by Gasteiger charge is 2.12. The first-order valence-corrected chi connectivity index (χ1v) is 9.92. The number of aromatic nitrogens is 1. The maximum Gasteiger partial charge on any atom is 0.264 e. The maximum absolute atomic E-state index is 13.9. The Morgan fingerprint density at radius 2 is 1.93 bits per heavy atom. The number of nitrogens with zero attached hydrogens (tertiary/aromatic N) is 1. The molecular weight excluding hydrogens is 407 g/mol. The van der Waals surface area contributed by atoms with E-state index in [1.165, 1.54) is 30.6 Å². The molecule has 0 unspecified atom stereocenters. The third-order valence-electron chi connectivity index (χ3n) is 4.16. The summed E-state index contributed by atoms with van der Waals surface area (Å²) in [6.07, 6.45) is 2.51. The van der Waals surface area contributed by atoms with Gasteiger partial charge >= 0.3 is 0 Å². The number of nitrogens with one attached hydrogen (secondary N) is 1. The predicted molar refractivity (Wildman–Crippen MR) is 115 cm³/mol. The summed E-state index contributed by atoms with van der Waals surface area (Å²) < 4.78 is 29.7. The van der Waals surface area contributed by atoms with E-state index in [2.05, 4.69) is 16.9 Å². The summed E-state index contributed by atoms with van der Waals surface area (Å²) >= 11 is 1.24. The van der Waals surface area contributed by atoms with Crippen molar-refractivity contribution >= 4 is 22.4 Å². The highest BCUT2D eigenvalue weighted by atomic mass is 32.1. The number of benzene rings is 2. The molecule has 0 aliphatic heterocycles. The third kappa shape index (κ3) is 5.15. The lowest BCUT2D eigenvalue weighted by Gasteiger charge is -2.11. The number of halogens is 1. The number of carbonyl (C=O) groups excluding carboxylic acids is 1. The average Bonchev–Trinajstić information content (AvgIpc) is 3.21. The highest BCUT2D eigenvalue weighted by Crippen LogP contribution is 2.30. The van der Waals surface area contributed by atoms with Crippen LogP contribution in [0.15, 0.2) is 54.4 Å². The number of rotatable bonds is 9. The molecule has 30 heavy (non-hydrogen) atoms. The Morgan fingerprint density at radius 3 is 2.63 bits per heavy atom. The van der Waals surface area contributed by atoms with Crippen LogP contribution in [0.4, 0.5) is 9.52 Å². The zero-order valence-electron chi connectivity index (χ0n) is 16.6. The largest absolute Gasteiger partial charge is 0.494 e. The monoisotopic (exact) mass is 428 g/mol. The molecule has 0 fully saturated rings. The maximum atomic E-state index is 13.9. The summed E-state index contributed by atoms with van der Waals surface area (Å²) in [4.78, 5) is 16.6. The van der Waals surface area contributed by atoms with Gasteiger partial charge in [0.2, 0.25) is 0 Å². The van der Waals surface area contributed by atoms with Crippen molar-refractivity contribution < 1.29 is 23.4 Å². The topological polar surface area (TPSA) is 69.7 Å². The number of carbonyl (C=O) groups is 1. The van der Waals surface area contributed by atoms with Crippen molar-refractivity contribution in [3.63, 3.8) is 0 Å². The van der Waals surface area contributed by atoms with E-state index in [4.69, 9.17) is 14.2 Å². The van der Waals surface area contributed by atoms with Crippen LogP contribution < -0.4 is 19.5 Å². The Labute approximate surface area is 177 Å². The van der Waals surface area contributed by atoms with Gasteiger partial charge in [-0.25, -0.2) is 9.37 Å². The molecule has 0 spiro atoms. The van der Waals surface area contributed by atoms with Gasteiger partial charge in [-0.2, -0.15) is 0 Å². The van der Waals surface area contributed by atoms with Crippen molar-refractivity contribution in [2.45, 2.75) is 6.42 Å². The standard InChI is InChI=1S/C22H21FN2O4S/c1-4-5-14-6-8-19(20(10-14)28-3)29-12-21(26)25-22-24-17(13-30-22)15-7-9-18(27-2)16(23)11-15/h4,6-11,13H,1,5,12H2,2-3H3,(H,24,25,26). The summed E-state index contributed by atoms with van der Waals surface area (Å²) in [5.74, 6) is 0.325. The lowest BCUT2D eigenvalue weighted by molar-refractivity contribution is -0.118. The van der Waals surface area contributed by atoms with Crippen LogP contribution in [0.3, 0.4) is 0 Å². The summed E-state index contributed by atoms with van der Waals surface area (Å²) in [5.41, 5.74) is 2.17. The van der Waals surface area contributed by atoms with Crippen molar-refractivity contribution in [2.24, 2.45) is 0 Å². The molecule has 8 heteroatoms. The number of ether oxygens (including phenoxy) is 3. The quantitative estimate of drug-likeness (QED) is 0.500.